The van der Waals surface area contributed by atoms with Gasteiger partial charge >= 0.3 is 0 Å². The molecule has 1 aromatic rings. The van der Waals surface area contributed by atoms with Crippen LogP contribution in [0.3, 0.4) is 0 Å². The zero-order chi connectivity index (χ0) is 12.9. The summed E-state index contributed by atoms with van der Waals surface area (Å²) in [6.07, 6.45) is 0.896. The molecule has 0 spiro atoms. The van der Waals surface area contributed by atoms with Crippen LogP contribution in [0.25, 0.3) is 0 Å². The molecular formula is C10H13F2NO3S. The summed E-state index contributed by atoms with van der Waals surface area (Å²) < 4.78 is 51.2. The van der Waals surface area contributed by atoms with Gasteiger partial charge in [0.05, 0.1) is 0 Å². The van der Waals surface area contributed by atoms with Gasteiger partial charge < -0.3 is 5.11 Å². The summed E-state index contributed by atoms with van der Waals surface area (Å²) in [6.45, 7) is 0.0619. The molecule has 17 heavy (non-hydrogen) atoms. The molecule has 2 N–H and O–H groups in total. The Balaban J connectivity index is 2.76. The summed E-state index contributed by atoms with van der Waals surface area (Å²) in [5.41, 5.74) is 0. The van der Waals surface area contributed by atoms with Gasteiger partial charge in [-0.25, -0.2) is 21.9 Å². The van der Waals surface area contributed by atoms with Crippen LogP contribution in [0.15, 0.2) is 23.1 Å². The Morgan fingerprint density at radius 2 is 1.94 bits per heavy atom. The van der Waals surface area contributed by atoms with E-state index < -0.39 is 26.6 Å². The molecule has 0 amide bonds. The lowest BCUT2D eigenvalue weighted by Crippen LogP contribution is -2.25. The normalized spacial score (nSPS) is 11.7. The van der Waals surface area contributed by atoms with Gasteiger partial charge in [0.1, 0.15) is 16.5 Å². The molecular weight excluding hydrogens is 252 g/mol. The molecule has 7 heteroatoms. The van der Waals surface area contributed by atoms with Crippen LogP contribution in [0, 0.1) is 11.6 Å². The topological polar surface area (TPSA) is 66.4 Å². The van der Waals surface area contributed by atoms with Crippen molar-refractivity contribution in [1.29, 1.82) is 0 Å². The highest BCUT2D eigenvalue weighted by atomic mass is 32.2. The van der Waals surface area contributed by atoms with Crippen LogP contribution in [0.5, 0.6) is 0 Å². The Kier molecular flexibility index (Phi) is 4.98. The second-order valence-corrected chi connectivity index (χ2v) is 5.14. The smallest absolute Gasteiger partial charge is 0.243 e. The maximum absolute atomic E-state index is 13.2. The Labute approximate surface area is 98.3 Å². The number of nitrogens with one attached hydrogen (secondary N) is 1. The number of hydrogen-bond acceptors (Lipinski definition) is 3. The van der Waals surface area contributed by atoms with Crippen LogP contribution in [-0.2, 0) is 10.0 Å². The van der Waals surface area contributed by atoms with Crippen molar-refractivity contribution in [2.45, 2.75) is 17.7 Å². The van der Waals surface area contributed by atoms with Crippen molar-refractivity contribution < 1.29 is 22.3 Å². The van der Waals surface area contributed by atoms with Crippen molar-refractivity contribution in [3.63, 3.8) is 0 Å². The van der Waals surface area contributed by atoms with Crippen LogP contribution in [0.2, 0.25) is 0 Å². The zero-order valence-corrected chi connectivity index (χ0v) is 9.80. The molecule has 0 aromatic heterocycles. The van der Waals surface area contributed by atoms with Gasteiger partial charge in [0.25, 0.3) is 0 Å². The van der Waals surface area contributed by atoms with E-state index in [2.05, 4.69) is 4.72 Å². The van der Waals surface area contributed by atoms with Crippen molar-refractivity contribution >= 4 is 10.0 Å². The number of benzene rings is 1. The molecule has 4 nitrogen and oxygen atoms in total. The monoisotopic (exact) mass is 265 g/mol. The molecule has 0 aliphatic rings. The second kappa shape index (κ2) is 6.04. The van der Waals surface area contributed by atoms with Crippen molar-refractivity contribution in [3.8, 4) is 0 Å². The fourth-order valence-electron chi connectivity index (χ4n) is 1.21. The first-order valence-electron chi connectivity index (χ1n) is 5.03. The lowest BCUT2D eigenvalue weighted by molar-refractivity contribution is 0.285. The van der Waals surface area contributed by atoms with E-state index in [1.54, 1.807) is 0 Å². The molecule has 0 aliphatic heterocycles. The van der Waals surface area contributed by atoms with E-state index in [9.17, 15) is 17.2 Å². The molecule has 0 aliphatic carbocycles. The lowest BCUT2D eigenvalue weighted by atomic mass is 10.3. The quantitative estimate of drug-likeness (QED) is 0.755. The SMILES string of the molecule is O=S(=O)(NCCCCO)c1ccc(F)cc1F. The van der Waals surface area contributed by atoms with Gasteiger partial charge in [-0.2, -0.15) is 0 Å². The van der Waals surface area contributed by atoms with Gasteiger partial charge in [-0.15, -0.1) is 0 Å². The molecule has 0 heterocycles. The zero-order valence-electron chi connectivity index (χ0n) is 8.99. The van der Waals surface area contributed by atoms with Gasteiger partial charge in [0, 0.05) is 19.2 Å². The van der Waals surface area contributed by atoms with Crippen LogP contribution in [-0.4, -0.2) is 26.7 Å². The van der Waals surface area contributed by atoms with Crippen molar-refractivity contribution in [2.75, 3.05) is 13.2 Å². The summed E-state index contributed by atoms with van der Waals surface area (Å²) in [4.78, 5) is -0.581. The Bertz CT molecular complexity index is 476. The summed E-state index contributed by atoms with van der Waals surface area (Å²) in [7, 11) is -3.96. The minimum atomic E-state index is -3.96. The number of rotatable bonds is 6. The van der Waals surface area contributed by atoms with Crippen LogP contribution in [0.4, 0.5) is 8.78 Å². The predicted molar refractivity (Wildman–Crippen MR) is 57.9 cm³/mol. The highest BCUT2D eigenvalue weighted by molar-refractivity contribution is 7.89. The summed E-state index contributed by atoms with van der Waals surface area (Å²) in [5, 5.41) is 8.51. The van der Waals surface area contributed by atoms with E-state index in [4.69, 9.17) is 5.11 Å². The third-order valence-corrected chi connectivity index (χ3v) is 3.55. The summed E-state index contributed by atoms with van der Waals surface area (Å²) in [6, 6.07) is 2.27. The molecule has 0 saturated heterocycles. The van der Waals surface area contributed by atoms with Crippen LogP contribution < -0.4 is 4.72 Å². The van der Waals surface area contributed by atoms with E-state index >= 15 is 0 Å². The molecule has 0 saturated carbocycles. The predicted octanol–water partition coefficient (Wildman–Crippen LogP) is 1.02. The number of aliphatic hydroxyl groups is 1. The lowest BCUT2D eigenvalue weighted by Gasteiger charge is -2.07. The Morgan fingerprint density at radius 3 is 2.53 bits per heavy atom. The number of sulfonamides is 1. The first-order chi connectivity index (χ1) is 7.97. The Hall–Kier alpha value is -1.05. The van der Waals surface area contributed by atoms with Gasteiger partial charge in [0.2, 0.25) is 10.0 Å². The fraction of sp³-hybridized carbons (Fsp3) is 0.400. The van der Waals surface area contributed by atoms with Gasteiger partial charge in [-0.05, 0) is 25.0 Å². The average Bonchev–Trinajstić information content (AvgIpc) is 2.24. The van der Waals surface area contributed by atoms with Gasteiger partial charge in [-0.3, -0.25) is 0 Å². The van der Waals surface area contributed by atoms with Crippen molar-refractivity contribution in [3.05, 3.63) is 29.8 Å². The summed E-state index contributed by atoms with van der Waals surface area (Å²) >= 11 is 0. The second-order valence-electron chi connectivity index (χ2n) is 3.40. The number of aliphatic hydroxyl groups excluding tert-OH is 1. The van der Waals surface area contributed by atoms with Crippen LogP contribution >= 0.6 is 0 Å². The third kappa shape index (κ3) is 4.03. The van der Waals surface area contributed by atoms with Crippen molar-refractivity contribution in [2.24, 2.45) is 0 Å². The largest absolute Gasteiger partial charge is 0.396 e. The highest BCUT2D eigenvalue weighted by Gasteiger charge is 2.18. The Morgan fingerprint density at radius 1 is 1.24 bits per heavy atom. The molecule has 0 atom stereocenters. The van der Waals surface area contributed by atoms with Crippen LogP contribution in [0.1, 0.15) is 12.8 Å². The van der Waals surface area contributed by atoms with E-state index in [0.717, 1.165) is 12.1 Å². The van der Waals surface area contributed by atoms with E-state index in [1.807, 2.05) is 0 Å². The number of unbranched alkanes of at least 4 members (excludes halogenated alkanes) is 1. The summed E-state index contributed by atoms with van der Waals surface area (Å²) in [5.74, 6) is -1.96. The molecule has 1 rings (SSSR count). The van der Waals surface area contributed by atoms with E-state index in [-0.39, 0.29) is 13.2 Å². The maximum atomic E-state index is 13.2. The van der Waals surface area contributed by atoms with Crippen molar-refractivity contribution in [1.82, 2.24) is 4.72 Å². The minimum absolute atomic E-state index is 0.0351. The molecule has 0 bridgehead atoms. The fourth-order valence-corrected chi connectivity index (χ4v) is 2.35. The molecule has 0 radical (unpaired) electrons. The van der Waals surface area contributed by atoms with E-state index in [1.165, 1.54) is 0 Å². The molecule has 96 valence electrons. The standard InChI is InChI=1S/C10H13F2NO3S/c11-8-3-4-10(9(12)7-8)17(15,16)13-5-1-2-6-14/h3-4,7,13-14H,1-2,5-6H2. The first kappa shape index (κ1) is 14.0. The third-order valence-electron chi connectivity index (χ3n) is 2.06. The van der Waals surface area contributed by atoms with Gasteiger partial charge in [0.15, 0.2) is 0 Å². The molecule has 0 unspecified atom stereocenters. The maximum Gasteiger partial charge on any atom is 0.243 e. The first-order valence-corrected chi connectivity index (χ1v) is 6.51. The van der Waals surface area contributed by atoms with Gasteiger partial charge in [-0.1, -0.05) is 0 Å². The minimum Gasteiger partial charge on any atom is -0.396 e. The molecule has 1 aromatic carbocycles. The number of halogens is 2. The average molecular weight is 265 g/mol. The highest BCUT2D eigenvalue weighted by Crippen LogP contribution is 2.15. The molecule has 0 fully saturated rings. The number of hydrogen-bond donors (Lipinski definition) is 2. The van der Waals surface area contributed by atoms with E-state index in [0.29, 0.717) is 18.9 Å².